The molecule has 0 aliphatic carbocycles. The van der Waals surface area contributed by atoms with Gasteiger partial charge in [0.2, 0.25) is 5.91 Å². The van der Waals surface area contributed by atoms with E-state index in [9.17, 15) is 9.59 Å². The minimum atomic E-state index is -0.704. The van der Waals surface area contributed by atoms with Crippen molar-refractivity contribution in [3.05, 3.63) is 89.5 Å². The number of hydrogen-bond acceptors (Lipinski definition) is 5. The van der Waals surface area contributed by atoms with Crippen LogP contribution >= 0.6 is 0 Å². The molecule has 0 saturated heterocycles. The van der Waals surface area contributed by atoms with Crippen LogP contribution in [0.4, 0.5) is 0 Å². The molecule has 7 nitrogen and oxygen atoms in total. The molecule has 1 atom stereocenters. The van der Waals surface area contributed by atoms with Crippen LogP contribution < -0.4 is 19.5 Å². The lowest BCUT2D eigenvalue weighted by atomic mass is 10.0. The minimum Gasteiger partial charge on any atom is -0.496 e. The van der Waals surface area contributed by atoms with Crippen LogP contribution in [0, 0.1) is 6.92 Å². The maximum Gasteiger partial charge on any atom is 0.261 e. The zero-order valence-corrected chi connectivity index (χ0v) is 21.3. The van der Waals surface area contributed by atoms with Gasteiger partial charge in [0.15, 0.2) is 6.61 Å². The summed E-state index contributed by atoms with van der Waals surface area (Å²) in [7, 11) is 3.10. The second-order valence-corrected chi connectivity index (χ2v) is 8.44. The van der Waals surface area contributed by atoms with Gasteiger partial charge >= 0.3 is 0 Å². The van der Waals surface area contributed by atoms with Gasteiger partial charge in [-0.3, -0.25) is 9.59 Å². The highest BCUT2D eigenvalue weighted by Crippen LogP contribution is 2.27. The van der Waals surface area contributed by atoms with Crippen molar-refractivity contribution in [2.75, 3.05) is 27.4 Å². The molecule has 3 rings (SSSR count). The first kappa shape index (κ1) is 26.6. The van der Waals surface area contributed by atoms with E-state index in [4.69, 9.17) is 14.2 Å². The van der Waals surface area contributed by atoms with Crippen LogP contribution in [0.5, 0.6) is 17.2 Å². The molecule has 0 bridgehead atoms. The molecule has 0 aliphatic heterocycles. The largest absolute Gasteiger partial charge is 0.496 e. The fraction of sp³-hybridized carbons (Fsp3) is 0.310. The predicted octanol–water partition coefficient (Wildman–Crippen LogP) is 4.17. The molecule has 190 valence electrons. The van der Waals surface area contributed by atoms with Gasteiger partial charge in [-0.25, -0.2) is 0 Å². The summed E-state index contributed by atoms with van der Waals surface area (Å²) in [4.78, 5) is 28.4. The second-order valence-electron chi connectivity index (χ2n) is 8.44. The van der Waals surface area contributed by atoms with E-state index in [2.05, 4.69) is 5.32 Å². The number of rotatable bonds is 12. The topological polar surface area (TPSA) is 77.1 Å². The number of benzene rings is 3. The highest BCUT2D eigenvalue weighted by molar-refractivity contribution is 5.88. The summed E-state index contributed by atoms with van der Waals surface area (Å²) in [6.45, 7) is 4.38. The zero-order chi connectivity index (χ0) is 25.9. The lowest BCUT2D eigenvalue weighted by molar-refractivity contribution is -0.142. The average molecular weight is 491 g/mol. The van der Waals surface area contributed by atoms with E-state index in [-0.39, 0.29) is 25.0 Å². The van der Waals surface area contributed by atoms with Gasteiger partial charge in [-0.2, -0.15) is 0 Å². The van der Waals surface area contributed by atoms with Crippen LogP contribution in [0.2, 0.25) is 0 Å². The van der Waals surface area contributed by atoms with Gasteiger partial charge in [0.1, 0.15) is 23.3 Å². The molecule has 0 heterocycles. The smallest absolute Gasteiger partial charge is 0.261 e. The van der Waals surface area contributed by atoms with Crippen LogP contribution in [0.1, 0.15) is 23.6 Å². The lowest BCUT2D eigenvalue weighted by Gasteiger charge is -2.31. The predicted molar refractivity (Wildman–Crippen MR) is 139 cm³/mol. The van der Waals surface area contributed by atoms with Gasteiger partial charge in [-0.05, 0) is 25.0 Å². The van der Waals surface area contributed by atoms with Crippen LogP contribution in [-0.4, -0.2) is 50.1 Å². The third kappa shape index (κ3) is 7.50. The van der Waals surface area contributed by atoms with Crippen LogP contribution in [-0.2, 0) is 22.6 Å². The molecule has 1 unspecified atom stereocenters. The molecule has 0 spiro atoms. The highest BCUT2D eigenvalue weighted by atomic mass is 16.5. The zero-order valence-electron chi connectivity index (χ0n) is 21.3. The van der Waals surface area contributed by atoms with Crippen molar-refractivity contribution in [3.8, 4) is 17.2 Å². The maximum absolute atomic E-state index is 13.6. The van der Waals surface area contributed by atoms with Crippen LogP contribution in [0.15, 0.2) is 72.8 Å². The van der Waals surface area contributed by atoms with Gasteiger partial charge in [-0.15, -0.1) is 0 Å². The SMILES string of the molecule is CCNC(=O)C(Cc1ccccc1)N(Cc1ccc(C)cc1)C(=O)COc1cc(OC)cc(OC)c1. The van der Waals surface area contributed by atoms with Crippen molar-refractivity contribution < 1.29 is 23.8 Å². The molecule has 7 heteroatoms. The number of carbonyl (C=O) groups is 2. The lowest BCUT2D eigenvalue weighted by Crippen LogP contribution is -2.51. The maximum atomic E-state index is 13.6. The van der Waals surface area contributed by atoms with Gasteiger partial charge in [0, 0.05) is 37.7 Å². The molecule has 0 fully saturated rings. The minimum absolute atomic E-state index is 0.204. The number of nitrogens with zero attached hydrogens (tertiary/aromatic N) is 1. The molecular weight excluding hydrogens is 456 g/mol. The molecule has 0 radical (unpaired) electrons. The number of nitrogens with one attached hydrogen (secondary N) is 1. The monoisotopic (exact) mass is 490 g/mol. The van der Waals surface area contributed by atoms with Gasteiger partial charge in [-0.1, -0.05) is 60.2 Å². The first-order chi connectivity index (χ1) is 17.4. The van der Waals surface area contributed by atoms with Crippen LogP contribution in [0.3, 0.4) is 0 Å². The molecular formula is C29H34N2O5. The fourth-order valence-electron chi connectivity index (χ4n) is 3.83. The summed E-state index contributed by atoms with van der Waals surface area (Å²) in [5.41, 5.74) is 3.02. The summed E-state index contributed by atoms with van der Waals surface area (Å²) in [6, 6.07) is 22.0. The van der Waals surface area contributed by atoms with E-state index in [0.29, 0.717) is 30.2 Å². The third-order valence-corrected chi connectivity index (χ3v) is 5.78. The summed E-state index contributed by atoms with van der Waals surface area (Å²) in [6.07, 6.45) is 0.386. The normalized spacial score (nSPS) is 11.3. The summed E-state index contributed by atoms with van der Waals surface area (Å²) in [5.74, 6) is 1.04. The Labute approximate surface area is 213 Å². The number of carbonyl (C=O) groups excluding carboxylic acids is 2. The number of likely N-dealkylation sites (N-methyl/N-ethyl adjacent to an activating group) is 1. The Kier molecular flexibility index (Phi) is 9.74. The Balaban J connectivity index is 1.89. The first-order valence-corrected chi connectivity index (χ1v) is 12.0. The molecule has 0 aliphatic rings. The third-order valence-electron chi connectivity index (χ3n) is 5.78. The Morgan fingerprint density at radius 2 is 1.47 bits per heavy atom. The van der Waals surface area contributed by atoms with E-state index >= 15 is 0 Å². The number of amides is 2. The Hall–Kier alpha value is -4.00. The molecule has 0 aromatic heterocycles. The van der Waals surface area contributed by atoms with Crippen molar-refractivity contribution in [2.24, 2.45) is 0 Å². The molecule has 3 aromatic rings. The molecule has 2 amide bonds. The molecule has 1 N–H and O–H groups in total. The van der Waals surface area contributed by atoms with Crippen molar-refractivity contribution in [3.63, 3.8) is 0 Å². The number of hydrogen-bond donors (Lipinski definition) is 1. The van der Waals surface area contributed by atoms with Crippen molar-refractivity contribution in [1.29, 1.82) is 0 Å². The summed E-state index contributed by atoms with van der Waals surface area (Å²) in [5, 5.41) is 2.89. The highest BCUT2D eigenvalue weighted by Gasteiger charge is 2.30. The molecule has 36 heavy (non-hydrogen) atoms. The average Bonchev–Trinajstić information content (AvgIpc) is 2.90. The van der Waals surface area contributed by atoms with Crippen LogP contribution in [0.25, 0.3) is 0 Å². The van der Waals surface area contributed by atoms with Gasteiger partial charge in [0.25, 0.3) is 5.91 Å². The fourth-order valence-corrected chi connectivity index (χ4v) is 3.83. The summed E-state index contributed by atoms with van der Waals surface area (Å²) < 4.78 is 16.4. The van der Waals surface area contributed by atoms with E-state index in [1.54, 1.807) is 37.3 Å². The quantitative estimate of drug-likeness (QED) is 0.412. The van der Waals surface area contributed by atoms with Crippen molar-refractivity contribution in [1.82, 2.24) is 10.2 Å². The second kappa shape index (κ2) is 13.2. The Bertz CT molecular complexity index is 1110. The van der Waals surface area contributed by atoms with E-state index in [1.165, 1.54) is 0 Å². The van der Waals surface area contributed by atoms with E-state index < -0.39 is 6.04 Å². The standard InChI is InChI=1S/C29H34N2O5/c1-5-30-29(33)27(15-22-9-7-6-8-10-22)31(19-23-13-11-21(2)12-14-23)28(32)20-36-26-17-24(34-3)16-25(18-26)35-4/h6-14,16-18,27H,5,15,19-20H2,1-4H3,(H,30,33). The Morgan fingerprint density at radius 1 is 0.861 bits per heavy atom. The summed E-state index contributed by atoms with van der Waals surface area (Å²) >= 11 is 0. The van der Waals surface area contributed by atoms with Crippen molar-refractivity contribution in [2.45, 2.75) is 32.9 Å². The van der Waals surface area contributed by atoms with Crippen molar-refractivity contribution >= 4 is 11.8 Å². The molecule has 0 saturated carbocycles. The molecule has 3 aromatic carbocycles. The van der Waals surface area contributed by atoms with Gasteiger partial charge < -0.3 is 24.4 Å². The van der Waals surface area contributed by atoms with E-state index in [0.717, 1.165) is 16.7 Å². The van der Waals surface area contributed by atoms with E-state index in [1.807, 2.05) is 68.4 Å². The number of methoxy groups -OCH3 is 2. The number of aryl methyl sites for hydroxylation is 1. The first-order valence-electron chi connectivity index (χ1n) is 12.0. The number of ether oxygens (including phenoxy) is 3. The Morgan fingerprint density at radius 3 is 2.06 bits per heavy atom. The van der Waals surface area contributed by atoms with Gasteiger partial charge in [0.05, 0.1) is 14.2 Å².